The molecule has 0 radical (unpaired) electrons. The highest BCUT2D eigenvalue weighted by Gasteiger charge is 2.24. The van der Waals surface area contributed by atoms with Crippen LogP contribution in [0.1, 0.15) is 160 Å². The zero-order valence-electron chi connectivity index (χ0n) is 38.0. The molecule has 0 saturated heterocycles. The quantitative estimate of drug-likeness (QED) is 0.0343. The van der Waals surface area contributed by atoms with Crippen LogP contribution < -0.4 is 0 Å². The van der Waals surface area contributed by atoms with E-state index in [1.165, 1.54) is 114 Å². The molecule has 64 heavy (non-hydrogen) atoms. The Morgan fingerprint density at radius 1 is 0.375 bits per heavy atom. The highest BCUT2D eigenvalue weighted by atomic mass is 79.9. The fourth-order valence-electron chi connectivity index (χ4n) is 9.44. The Morgan fingerprint density at radius 2 is 0.688 bits per heavy atom. The van der Waals surface area contributed by atoms with Crippen molar-refractivity contribution in [1.82, 2.24) is 0 Å². The fourth-order valence-corrected chi connectivity index (χ4v) is 10.2. The standard InChI is InChI=1S/C60H64Br2O2/c1-3-5-7-9-11-13-15-17-23-43-29-33-45(34-30-43)59(63)55-41-47(61)37-39-53(55)57-49-25-19-21-27-51(49)58(52-28-22-20-26-50(52)57)54-40-38-48(62)42-56(54)60(64)46-35-31-44(32-36-46)24-18-16-14-12-10-8-6-4-2/h19-22,25-42H,3-18,23-24H2,1-2H3. The Morgan fingerprint density at radius 3 is 1.02 bits per heavy atom. The summed E-state index contributed by atoms with van der Waals surface area (Å²) in [4.78, 5) is 29.3. The van der Waals surface area contributed by atoms with E-state index in [-0.39, 0.29) is 11.6 Å². The summed E-state index contributed by atoms with van der Waals surface area (Å²) < 4.78 is 1.71. The number of rotatable bonds is 24. The predicted molar refractivity (Wildman–Crippen MR) is 280 cm³/mol. The molecule has 0 unspecified atom stereocenters. The average Bonchev–Trinajstić information content (AvgIpc) is 3.32. The topological polar surface area (TPSA) is 34.1 Å². The van der Waals surface area contributed by atoms with Crippen LogP contribution in [-0.2, 0) is 12.8 Å². The third-order valence-corrected chi connectivity index (χ3v) is 14.0. The average molecular weight is 977 g/mol. The molecule has 7 rings (SSSR count). The first-order valence-electron chi connectivity index (χ1n) is 24.2. The Labute approximate surface area is 399 Å². The lowest BCUT2D eigenvalue weighted by molar-refractivity contribution is 0.103. The number of ketones is 2. The van der Waals surface area contributed by atoms with Crippen LogP contribution in [0.25, 0.3) is 43.8 Å². The van der Waals surface area contributed by atoms with Gasteiger partial charge < -0.3 is 0 Å². The second-order valence-electron chi connectivity index (χ2n) is 17.7. The molecule has 0 spiro atoms. The smallest absolute Gasteiger partial charge is 0.193 e. The van der Waals surface area contributed by atoms with E-state index in [0.717, 1.165) is 65.6 Å². The van der Waals surface area contributed by atoms with Crippen LogP contribution in [0.2, 0.25) is 0 Å². The van der Waals surface area contributed by atoms with Gasteiger partial charge in [0.2, 0.25) is 0 Å². The van der Waals surface area contributed by atoms with Crippen LogP contribution in [0.15, 0.2) is 142 Å². The zero-order valence-corrected chi connectivity index (χ0v) is 41.2. The first-order valence-corrected chi connectivity index (χ1v) is 25.8. The lowest BCUT2D eigenvalue weighted by Crippen LogP contribution is -2.06. The molecule has 4 heteroatoms. The number of halogens is 2. The van der Waals surface area contributed by atoms with Crippen molar-refractivity contribution in [3.8, 4) is 22.3 Å². The highest BCUT2D eigenvalue weighted by Crippen LogP contribution is 2.46. The predicted octanol–water partition coefficient (Wildman–Crippen LogP) is 18.7. The Hall–Kier alpha value is -4.64. The molecule has 2 nitrogen and oxygen atoms in total. The molecule has 0 amide bonds. The van der Waals surface area contributed by atoms with Crippen LogP contribution in [0.4, 0.5) is 0 Å². The minimum Gasteiger partial charge on any atom is -0.289 e. The second kappa shape index (κ2) is 24.0. The van der Waals surface area contributed by atoms with E-state index in [4.69, 9.17) is 0 Å². The van der Waals surface area contributed by atoms with Crippen molar-refractivity contribution in [3.63, 3.8) is 0 Å². The van der Waals surface area contributed by atoms with E-state index in [9.17, 15) is 9.59 Å². The van der Waals surface area contributed by atoms with Crippen molar-refractivity contribution in [2.45, 2.75) is 129 Å². The third-order valence-electron chi connectivity index (χ3n) is 13.0. The van der Waals surface area contributed by atoms with Crippen molar-refractivity contribution >= 4 is 65.0 Å². The summed E-state index contributed by atoms with van der Waals surface area (Å²) in [5.41, 5.74) is 9.01. The summed E-state index contributed by atoms with van der Waals surface area (Å²) >= 11 is 7.42. The van der Waals surface area contributed by atoms with Crippen molar-refractivity contribution in [2.24, 2.45) is 0 Å². The van der Waals surface area contributed by atoms with Crippen LogP contribution >= 0.6 is 31.9 Å². The Balaban J connectivity index is 1.18. The highest BCUT2D eigenvalue weighted by molar-refractivity contribution is 9.10. The molecule has 0 aliphatic heterocycles. The molecular formula is C60H64Br2O2. The van der Waals surface area contributed by atoms with Gasteiger partial charge in [-0.3, -0.25) is 9.59 Å². The monoisotopic (exact) mass is 974 g/mol. The molecule has 0 N–H and O–H groups in total. The molecule has 0 aliphatic rings. The molecular weight excluding hydrogens is 912 g/mol. The van der Waals surface area contributed by atoms with Crippen LogP contribution in [0, 0.1) is 0 Å². The van der Waals surface area contributed by atoms with Gasteiger partial charge in [0.1, 0.15) is 0 Å². The van der Waals surface area contributed by atoms with Crippen molar-refractivity contribution in [2.75, 3.05) is 0 Å². The van der Waals surface area contributed by atoms with Crippen molar-refractivity contribution in [3.05, 3.63) is 176 Å². The molecule has 0 fully saturated rings. The zero-order chi connectivity index (χ0) is 44.7. The van der Waals surface area contributed by atoms with Gasteiger partial charge in [-0.25, -0.2) is 0 Å². The Kier molecular flexibility index (Phi) is 17.8. The molecule has 7 aromatic rings. The number of unbranched alkanes of at least 4 members (excludes halogenated alkanes) is 14. The maximum Gasteiger partial charge on any atom is 0.193 e. The van der Waals surface area contributed by atoms with Gasteiger partial charge in [0.15, 0.2) is 11.6 Å². The lowest BCUT2D eigenvalue weighted by Gasteiger charge is -2.21. The number of aryl methyl sites for hydroxylation is 2. The summed E-state index contributed by atoms with van der Waals surface area (Å²) in [5.74, 6) is -0.00596. The van der Waals surface area contributed by atoms with Gasteiger partial charge in [-0.05, 0) is 105 Å². The molecule has 0 saturated carbocycles. The lowest BCUT2D eigenvalue weighted by atomic mass is 9.82. The number of carbonyl (C=O) groups excluding carboxylic acids is 2. The van der Waals surface area contributed by atoms with Gasteiger partial charge in [0, 0.05) is 31.2 Å². The van der Waals surface area contributed by atoms with Gasteiger partial charge >= 0.3 is 0 Å². The van der Waals surface area contributed by atoms with Crippen LogP contribution in [-0.4, -0.2) is 11.6 Å². The second-order valence-corrected chi connectivity index (χ2v) is 19.6. The maximum absolute atomic E-state index is 14.6. The normalized spacial score (nSPS) is 11.4. The van der Waals surface area contributed by atoms with Crippen molar-refractivity contribution in [1.29, 1.82) is 0 Å². The van der Waals surface area contributed by atoms with Gasteiger partial charge in [0.05, 0.1) is 0 Å². The van der Waals surface area contributed by atoms with Gasteiger partial charge in [0.25, 0.3) is 0 Å². The van der Waals surface area contributed by atoms with Crippen molar-refractivity contribution < 1.29 is 9.59 Å². The van der Waals surface area contributed by atoms with E-state index >= 15 is 0 Å². The summed E-state index contributed by atoms with van der Waals surface area (Å²) in [6.07, 6.45) is 22.8. The van der Waals surface area contributed by atoms with E-state index in [1.54, 1.807) is 0 Å². The first-order chi connectivity index (χ1) is 31.4. The van der Waals surface area contributed by atoms with Gasteiger partial charge in [-0.1, -0.05) is 245 Å². The number of carbonyl (C=O) groups is 2. The number of benzene rings is 7. The van der Waals surface area contributed by atoms with E-state index in [0.29, 0.717) is 22.3 Å². The van der Waals surface area contributed by atoms with E-state index in [2.05, 4.69) is 131 Å². The molecule has 0 bridgehead atoms. The Bertz CT molecular complexity index is 2400. The molecule has 0 heterocycles. The molecule has 0 atom stereocenters. The maximum atomic E-state index is 14.6. The van der Waals surface area contributed by atoms with Gasteiger partial charge in [-0.2, -0.15) is 0 Å². The summed E-state index contributed by atoms with van der Waals surface area (Å²) in [5, 5.41) is 4.11. The largest absolute Gasteiger partial charge is 0.289 e. The summed E-state index contributed by atoms with van der Waals surface area (Å²) in [7, 11) is 0. The molecule has 0 aromatic heterocycles. The number of hydrogen-bond donors (Lipinski definition) is 0. The van der Waals surface area contributed by atoms with Crippen LogP contribution in [0.5, 0.6) is 0 Å². The van der Waals surface area contributed by atoms with Gasteiger partial charge in [-0.15, -0.1) is 0 Å². The number of fused-ring (bicyclic) bond motifs is 2. The van der Waals surface area contributed by atoms with E-state index in [1.807, 2.05) is 48.5 Å². The minimum absolute atomic E-state index is 0.00298. The van der Waals surface area contributed by atoms with Crippen LogP contribution in [0.3, 0.4) is 0 Å². The van der Waals surface area contributed by atoms with E-state index < -0.39 is 0 Å². The molecule has 7 aromatic carbocycles. The molecule has 330 valence electrons. The number of hydrogen-bond acceptors (Lipinski definition) is 2. The summed E-state index contributed by atoms with van der Waals surface area (Å²) in [6.45, 7) is 4.53. The molecule has 0 aliphatic carbocycles. The fraction of sp³-hybridized carbons (Fsp3) is 0.333. The minimum atomic E-state index is -0.00298. The third kappa shape index (κ3) is 12.0. The summed E-state index contributed by atoms with van der Waals surface area (Å²) in [6, 6.07) is 45.6. The SMILES string of the molecule is CCCCCCCCCCc1ccc(C(=O)c2cc(Br)ccc2-c2c3ccccc3c(-c3ccc(Br)cc3C(=O)c3ccc(CCCCCCCCCC)cc3)c3ccccc23)cc1. The first kappa shape index (κ1) is 47.3.